The number of phenolic OH excluding ortho intramolecular Hbond substituents is 1. The smallest absolute Gasteiger partial charge is 0.326 e. The van der Waals surface area contributed by atoms with Crippen molar-refractivity contribution in [3.05, 3.63) is 83.9 Å². The zero-order valence-electron chi connectivity index (χ0n) is 40.4. The zero-order chi connectivity index (χ0) is 52.2. The lowest BCUT2D eigenvalue weighted by Crippen LogP contribution is -2.61. The number of amides is 7. The topological polar surface area (TPSA) is 366 Å². The fourth-order valence-electron chi connectivity index (χ4n) is 7.96. The van der Waals surface area contributed by atoms with Gasteiger partial charge < -0.3 is 68.6 Å². The molecule has 7 amide bonds. The number of carboxylic acid groups (broad SMARTS) is 1. The number of phenols is 1. The molecule has 0 bridgehead atoms. The second-order valence-corrected chi connectivity index (χ2v) is 18.1. The number of aromatic hydroxyl groups is 1. The summed E-state index contributed by atoms with van der Waals surface area (Å²) in [4.78, 5) is 122. The van der Waals surface area contributed by atoms with E-state index in [-0.39, 0.29) is 69.7 Å². The van der Waals surface area contributed by atoms with Crippen LogP contribution in [0.2, 0.25) is 0 Å². The number of carboxylic acids is 1. The van der Waals surface area contributed by atoms with E-state index in [1.54, 1.807) is 70.2 Å². The largest absolute Gasteiger partial charge is 0.508 e. The number of aliphatic hydroxyl groups excluding tert-OH is 1. The summed E-state index contributed by atoms with van der Waals surface area (Å²) in [5, 5.41) is 45.3. The third kappa shape index (κ3) is 17.7. The third-order valence-corrected chi connectivity index (χ3v) is 11.8. The zero-order valence-corrected chi connectivity index (χ0v) is 40.4. The molecule has 0 spiro atoms. The minimum absolute atomic E-state index is 0.00937. The van der Waals surface area contributed by atoms with Gasteiger partial charge in [-0.15, -0.1) is 0 Å². The second kappa shape index (κ2) is 27.6. The van der Waals surface area contributed by atoms with Crippen LogP contribution in [0.25, 0.3) is 0 Å². The Balaban J connectivity index is 1.56. The van der Waals surface area contributed by atoms with Gasteiger partial charge in [0, 0.05) is 50.7 Å². The number of rotatable bonds is 27. The van der Waals surface area contributed by atoms with Gasteiger partial charge in [0.25, 0.3) is 0 Å². The quantitative estimate of drug-likeness (QED) is 0.0245. The Bertz CT molecular complexity index is 2290. The summed E-state index contributed by atoms with van der Waals surface area (Å²) < 4.78 is 0. The number of nitrogens with one attached hydrogen (secondary N) is 7. The predicted octanol–water partition coefficient (Wildman–Crippen LogP) is -1.12. The number of likely N-dealkylation sites (tertiary alicyclic amines) is 1. The maximum absolute atomic E-state index is 14.5. The first kappa shape index (κ1) is 56.0. The van der Waals surface area contributed by atoms with Gasteiger partial charge in [0.1, 0.15) is 48.0 Å². The summed E-state index contributed by atoms with van der Waals surface area (Å²) in [6.45, 7) is 6.46. The first-order valence-corrected chi connectivity index (χ1v) is 23.6. The van der Waals surface area contributed by atoms with Gasteiger partial charge in [-0.2, -0.15) is 0 Å². The highest BCUT2D eigenvalue weighted by atomic mass is 16.4. The summed E-state index contributed by atoms with van der Waals surface area (Å²) >= 11 is 0. The molecule has 0 unspecified atom stereocenters. The number of hydrogen-bond donors (Lipinski definition) is 12. The normalized spacial score (nSPS) is 15.8. The molecule has 1 fully saturated rings. The summed E-state index contributed by atoms with van der Waals surface area (Å²) in [5.41, 5.74) is 12.5. The van der Waals surface area contributed by atoms with Crippen molar-refractivity contribution in [3.8, 4) is 5.75 Å². The van der Waals surface area contributed by atoms with Crippen molar-refractivity contribution in [2.24, 2.45) is 28.3 Å². The number of H-pyrrole nitrogens is 1. The van der Waals surface area contributed by atoms with Crippen LogP contribution in [0.15, 0.2) is 72.1 Å². The average molecular weight is 989 g/mol. The molecule has 0 radical (unpaired) electrons. The molecule has 0 saturated carbocycles. The van der Waals surface area contributed by atoms with Crippen LogP contribution in [0.4, 0.5) is 0 Å². The second-order valence-electron chi connectivity index (χ2n) is 18.1. The van der Waals surface area contributed by atoms with Crippen molar-refractivity contribution in [2.75, 3.05) is 19.7 Å². The molecule has 1 aromatic heterocycles. The fourth-order valence-corrected chi connectivity index (χ4v) is 7.96. The SMILES string of the molecule is CC(C)[C@H](NC(=O)[C@H](CCCN=C(N)N)NC(=O)CCO)C(=O)N[C@@H](Cc1ccc(O)cc1)C(=O)N[C@H](C(=O)N[C@@H](Cc1cnc[nH]1)C(=O)N1CCC[C@H]1C(=O)N[C@@H](Cc1ccccc1)C(=O)O)C(C)C. The van der Waals surface area contributed by atoms with Gasteiger partial charge in [0.05, 0.1) is 12.9 Å². The highest BCUT2D eigenvalue weighted by molar-refractivity contribution is 5.98. The van der Waals surface area contributed by atoms with Gasteiger partial charge in [0.2, 0.25) is 41.4 Å². The lowest BCUT2D eigenvalue weighted by Gasteiger charge is -2.31. The standard InChI is InChI=1S/C48H68N12O11/c1-27(2)39(58-41(64)33(54-38(63)18-21-61)12-8-19-52-48(49)50)44(67)55-34(22-30-14-16-32(62)17-15-30)42(65)59-40(28(3)4)45(68)56-35(24-31-25-51-26-53-31)46(69)60-20-9-13-37(60)43(66)57-36(47(70)71)23-29-10-6-5-7-11-29/h5-7,10-11,14-17,25-28,33-37,39-40,61-62H,8-9,12-13,18-24H2,1-4H3,(H,51,53)(H,54,63)(H,55,67)(H,56,68)(H,57,66)(H,58,64)(H,59,65)(H,70,71)(H4,49,50,52)/t33-,34-,35-,36-,37-,39-,40-/m0/s1. The summed E-state index contributed by atoms with van der Waals surface area (Å²) in [7, 11) is 0. The molecule has 1 aliphatic rings. The number of hydrogen-bond acceptors (Lipinski definition) is 12. The van der Waals surface area contributed by atoms with E-state index in [0.29, 0.717) is 23.2 Å². The van der Waals surface area contributed by atoms with Crippen molar-refractivity contribution in [1.29, 1.82) is 0 Å². The molecule has 2 heterocycles. The molecule has 23 nitrogen and oxygen atoms in total. The number of imidazole rings is 1. The Labute approximate surface area is 411 Å². The lowest BCUT2D eigenvalue weighted by molar-refractivity contribution is -0.145. The molecular formula is C48H68N12O11. The van der Waals surface area contributed by atoms with E-state index in [1.165, 1.54) is 29.6 Å². The molecule has 4 rings (SSSR count). The van der Waals surface area contributed by atoms with Crippen LogP contribution < -0.4 is 43.4 Å². The molecule has 3 aromatic rings. The maximum atomic E-state index is 14.5. The first-order chi connectivity index (χ1) is 33.8. The van der Waals surface area contributed by atoms with Crippen molar-refractivity contribution in [1.82, 2.24) is 46.8 Å². The van der Waals surface area contributed by atoms with Crippen molar-refractivity contribution >= 4 is 53.3 Å². The van der Waals surface area contributed by atoms with E-state index in [2.05, 4.69) is 46.9 Å². The number of nitrogens with zero attached hydrogens (tertiary/aromatic N) is 3. The monoisotopic (exact) mass is 989 g/mol. The van der Waals surface area contributed by atoms with E-state index in [9.17, 15) is 53.7 Å². The Kier molecular flexibility index (Phi) is 21.8. The number of aliphatic imine (C=N–C) groups is 1. The lowest BCUT2D eigenvalue weighted by atomic mass is 9.98. The van der Waals surface area contributed by atoms with E-state index in [0.717, 1.165) is 0 Å². The molecule has 71 heavy (non-hydrogen) atoms. The van der Waals surface area contributed by atoms with Crippen molar-refractivity contribution < 1.29 is 53.7 Å². The molecule has 7 atom stereocenters. The molecule has 0 aliphatic carbocycles. The Hall–Kier alpha value is -7.56. The van der Waals surface area contributed by atoms with Gasteiger partial charge in [-0.05, 0) is 60.8 Å². The Morgan fingerprint density at radius 3 is 1.90 bits per heavy atom. The number of aliphatic carboxylic acids is 1. The number of carbonyl (C=O) groups is 8. The maximum Gasteiger partial charge on any atom is 0.326 e. The molecule has 1 aliphatic heterocycles. The summed E-state index contributed by atoms with van der Waals surface area (Å²) in [6, 6.07) is 5.97. The van der Waals surface area contributed by atoms with Crippen LogP contribution >= 0.6 is 0 Å². The number of aromatic amines is 1. The highest BCUT2D eigenvalue weighted by Gasteiger charge is 2.41. The summed E-state index contributed by atoms with van der Waals surface area (Å²) in [5.74, 6) is -7.59. The van der Waals surface area contributed by atoms with Crippen LogP contribution in [0.5, 0.6) is 5.75 Å². The predicted molar refractivity (Wildman–Crippen MR) is 259 cm³/mol. The number of aliphatic hydroxyl groups is 1. The summed E-state index contributed by atoms with van der Waals surface area (Å²) in [6.07, 6.45) is 3.37. The fraction of sp³-hybridized carbons (Fsp3) is 0.500. The van der Waals surface area contributed by atoms with Crippen LogP contribution in [-0.4, -0.2) is 145 Å². The molecule has 386 valence electrons. The van der Waals surface area contributed by atoms with E-state index >= 15 is 0 Å². The van der Waals surface area contributed by atoms with Crippen LogP contribution in [-0.2, 0) is 57.6 Å². The minimum atomic E-state index is -1.37. The van der Waals surface area contributed by atoms with Gasteiger partial charge in [-0.3, -0.25) is 38.6 Å². The Morgan fingerprint density at radius 2 is 1.34 bits per heavy atom. The minimum Gasteiger partial charge on any atom is -0.508 e. The van der Waals surface area contributed by atoms with Crippen LogP contribution in [0.3, 0.4) is 0 Å². The van der Waals surface area contributed by atoms with Gasteiger partial charge in [0.15, 0.2) is 5.96 Å². The third-order valence-electron chi connectivity index (χ3n) is 11.8. The van der Waals surface area contributed by atoms with Gasteiger partial charge >= 0.3 is 5.97 Å². The first-order valence-electron chi connectivity index (χ1n) is 23.6. The highest BCUT2D eigenvalue weighted by Crippen LogP contribution is 2.21. The van der Waals surface area contributed by atoms with Crippen molar-refractivity contribution in [2.45, 2.75) is 121 Å². The van der Waals surface area contributed by atoms with Crippen molar-refractivity contribution in [3.63, 3.8) is 0 Å². The van der Waals surface area contributed by atoms with E-state index in [1.807, 2.05) is 0 Å². The molecular weight excluding hydrogens is 921 g/mol. The van der Waals surface area contributed by atoms with E-state index < -0.39 is 108 Å². The number of aromatic nitrogens is 2. The average Bonchev–Trinajstić information content (AvgIpc) is 4.04. The van der Waals surface area contributed by atoms with Crippen LogP contribution in [0, 0.1) is 11.8 Å². The number of carbonyl (C=O) groups excluding carboxylic acids is 7. The van der Waals surface area contributed by atoms with Crippen LogP contribution in [0.1, 0.15) is 76.6 Å². The van der Waals surface area contributed by atoms with Gasteiger partial charge in [-0.25, -0.2) is 9.78 Å². The Morgan fingerprint density at radius 1 is 0.746 bits per heavy atom. The number of benzene rings is 2. The number of nitrogens with two attached hydrogens (primary N) is 2. The molecule has 2 aromatic carbocycles. The van der Waals surface area contributed by atoms with Gasteiger partial charge in [-0.1, -0.05) is 70.2 Å². The van der Waals surface area contributed by atoms with E-state index in [4.69, 9.17) is 11.5 Å². The molecule has 1 saturated heterocycles. The molecule has 14 N–H and O–H groups in total. The number of guanidine groups is 1. The molecule has 23 heteroatoms.